The third kappa shape index (κ3) is 3.93. The Morgan fingerprint density at radius 1 is 1.40 bits per heavy atom. The summed E-state index contributed by atoms with van der Waals surface area (Å²) >= 11 is 0. The summed E-state index contributed by atoms with van der Waals surface area (Å²) in [5.74, 6) is 1.45. The van der Waals surface area contributed by atoms with Crippen molar-refractivity contribution in [2.45, 2.75) is 13.5 Å². The third-order valence-corrected chi connectivity index (χ3v) is 4.00. The second kappa shape index (κ2) is 7.29. The SMILES string of the molecule is CN=C(NCc1ccnc(C)n1)N1CCN(c2cnn(C)c2)C(=O)C1. The number of hydrogen-bond donors (Lipinski definition) is 1. The van der Waals surface area contributed by atoms with Gasteiger partial charge in [-0.25, -0.2) is 9.97 Å². The minimum Gasteiger partial charge on any atom is -0.351 e. The van der Waals surface area contributed by atoms with Crippen LogP contribution in [0.25, 0.3) is 0 Å². The van der Waals surface area contributed by atoms with Gasteiger partial charge in [-0.3, -0.25) is 14.5 Å². The fraction of sp³-hybridized carbons (Fsp3) is 0.438. The summed E-state index contributed by atoms with van der Waals surface area (Å²) in [6.45, 7) is 3.96. The number of piperazine rings is 1. The van der Waals surface area contributed by atoms with Crippen molar-refractivity contribution < 1.29 is 4.79 Å². The van der Waals surface area contributed by atoms with Crippen LogP contribution >= 0.6 is 0 Å². The third-order valence-electron chi connectivity index (χ3n) is 4.00. The zero-order chi connectivity index (χ0) is 17.8. The number of aryl methyl sites for hydroxylation is 2. The second-order valence-electron chi connectivity index (χ2n) is 5.84. The van der Waals surface area contributed by atoms with Crippen molar-refractivity contribution in [1.29, 1.82) is 0 Å². The first-order valence-corrected chi connectivity index (χ1v) is 8.10. The lowest BCUT2D eigenvalue weighted by atomic mass is 10.3. The molecular formula is C16H22N8O. The number of nitrogens with zero attached hydrogens (tertiary/aromatic N) is 7. The Kier molecular flexibility index (Phi) is 4.92. The first kappa shape index (κ1) is 16.9. The van der Waals surface area contributed by atoms with E-state index in [2.05, 4.69) is 25.4 Å². The molecule has 0 spiro atoms. The van der Waals surface area contributed by atoms with Crippen molar-refractivity contribution in [3.05, 3.63) is 36.2 Å². The molecule has 3 heterocycles. The van der Waals surface area contributed by atoms with Gasteiger partial charge in [0.25, 0.3) is 0 Å². The minimum absolute atomic E-state index is 0.0279. The predicted octanol–water partition coefficient (Wildman–Crippen LogP) is -0.0573. The molecule has 1 N–H and O–H groups in total. The highest BCUT2D eigenvalue weighted by Crippen LogP contribution is 2.16. The highest BCUT2D eigenvalue weighted by atomic mass is 16.2. The lowest BCUT2D eigenvalue weighted by molar-refractivity contribution is -0.120. The van der Waals surface area contributed by atoms with Crippen LogP contribution in [0.5, 0.6) is 0 Å². The zero-order valence-corrected chi connectivity index (χ0v) is 14.7. The predicted molar refractivity (Wildman–Crippen MR) is 94.1 cm³/mol. The van der Waals surface area contributed by atoms with Gasteiger partial charge in [-0.05, 0) is 13.0 Å². The van der Waals surface area contributed by atoms with Gasteiger partial charge >= 0.3 is 0 Å². The van der Waals surface area contributed by atoms with Crippen molar-refractivity contribution in [2.24, 2.45) is 12.0 Å². The van der Waals surface area contributed by atoms with E-state index >= 15 is 0 Å². The molecule has 0 bridgehead atoms. The second-order valence-corrected chi connectivity index (χ2v) is 5.84. The van der Waals surface area contributed by atoms with E-state index in [-0.39, 0.29) is 12.5 Å². The van der Waals surface area contributed by atoms with E-state index in [0.29, 0.717) is 25.6 Å². The molecule has 0 aromatic carbocycles. The number of rotatable bonds is 3. The maximum atomic E-state index is 12.5. The van der Waals surface area contributed by atoms with Gasteiger partial charge in [-0.1, -0.05) is 0 Å². The number of aromatic nitrogens is 4. The average molecular weight is 342 g/mol. The number of nitrogens with one attached hydrogen (secondary N) is 1. The lowest BCUT2D eigenvalue weighted by Crippen LogP contribution is -2.55. The number of hydrogen-bond acceptors (Lipinski definition) is 5. The van der Waals surface area contributed by atoms with Crippen molar-refractivity contribution in [3.8, 4) is 0 Å². The van der Waals surface area contributed by atoms with E-state index in [1.807, 2.05) is 31.1 Å². The summed E-state index contributed by atoms with van der Waals surface area (Å²) in [7, 11) is 3.55. The van der Waals surface area contributed by atoms with Crippen LogP contribution in [0.4, 0.5) is 5.69 Å². The summed E-state index contributed by atoms with van der Waals surface area (Å²) in [5, 5.41) is 7.39. The smallest absolute Gasteiger partial charge is 0.246 e. The Bertz CT molecular complexity index is 784. The van der Waals surface area contributed by atoms with Crippen LogP contribution in [0.2, 0.25) is 0 Å². The van der Waals surface area contributed by atoms with Crippen LogP contribution < -0.4 is 10.2 Å². The van der Waals surface area contributed by atoms with Gasteiger partial charge in [0.1, 0.15) is 12.4 Å². The first-order valence-electron chi connectivity index (χ1n) is 8.10. The topological polar surface area (TPSA) is 91.5 Å². The van der Waals surface area contributed by atoms with E-state index in [1.54, 1.807) is 29.0 Å². The molecule has 9 nitrogen and oxygen atoms in total. The number of aliphatic imine (C=N–C) groups is 1. The fourth-order valence-electron chi connectivity index (χ4n) is 2.78. The Balaban J connectivity index is 1.60. The van der Waals surface area contributed by atoms with Gasteiger partial charge in [0.2, 0.25) is 5.91 Å². The number of guanidine groups is 1. The van der Waals surface area contributed by atoms with Crippen LogP contribution in [0, 0.1) is 6.92 Å². The molecule has 0 atom stereocenters. The largest absolute Gasteiger partial charge is 0.351 e. The highest BCUT2D eigenvalue weighted by molar-refractivity contribution is 5.98. The Labute approximate surface area is 146 Å². The van der Waals surface area contributed by atoms with E-state index in [9.17, 15) is 4.79 Å². The average Bonchev–Trinajstić information content (AvgIpc) is 3.02. The first-order chi connectivity index (χ1) is 12.1. The van der Waals surface area contributed by atoms with Crippen molar-refractivity contribution in [2.75, 3.05) is 31.6 Å². The molecule has 25 heavy (non-hydrogen) atoms. The van der Waals surface area contributed by atoms with Gasteiger partial charge in [-0.15, -0.1) is 0 Å². The van der Waals surface area contributed by atoms with Crippen LogP contribution in [0.15, 0.2) is 29.6 Å². The quantitative estimate of drug-likeness (QED) is 0.621. The molecule has 132 valence electrons. The molecule has 0 radical (unpaired) electrons. The number of amides is 1. The van der Waals surface area contributed by atoms with Crippen LogP contribution in [-0.2, 0) is 18.4 Å². The van der Waals surface area contributed by atoms with E-state index in [1.165, 1.54) is 0 Å². The highest BCUT2D eigenvalue weighted by Gasteiger charge is 2.27. The number of carbonyl (C=O) groups excluding carboxylic acids is 1. The van der Waals surface area contributed by atoms with Gasteiger partial charge in [0.05, 0.1) is 24.1 Å². The lowest BCUT2D eigenvalue weighted by Gasteiger charge is -2.35. The minimum atomic E-state index is 0.0279. The van der Waals surface area contributed by atoms with Gasteiger partial charge < -0.3 is 15.1 Å². The number of carbonyl (C=O) groups is 1. The zero-order valence-electron chi connectivity index (χ0n) is 14.7. The number of anilines is 1. The molecule has 3 rings (SSSR count). The molecular weight excluding hydrogens is 320 g/mol. The summed E-state index contributed by atoms with van der Waals surface area (Å²) in [4.78, 5) is 28.9. The monoisotopic (exact) mass is 342 g/mol. The molecule has 1 aliphatic rings. The molecule has 1 fully saturated rings. The maximum Gasteiger partial charge on any atom is 0.246 e. The molecule has 1 saturated heterocycles. The Morgan fingerprint density at radius 3 is 2.88 bits per heavy atom. The normalized spacial score (nSPS) is 15.6. The van der Waals surface area contributed by atoms with Crippen LogP contribution in [0.3, 0.4) is 0 Å². The van der Waals surface area contributed by atoms with E-state index in [0.717, 1.165) is 17.2 Å². The van der Waals surface area contributed by atoms with Gasteiger partial charge in [0.15, 0.2) is 5.96 Å². The van der Waals surface area contributed by atoms with Crippen molar-refractivity contribution in [1.82, 2.24) is 30.0 Å². The Hall–Kier alpha value is -2.97. The summed E-state index contributed by atoms with van der Waals surface area (Å²) in [5.41, 5.74) is 1.71. The maximum absolute atomic E-state index is 12.5. The fourth-order valence-corrected chi connectivity index (χ4v) is 2.78. The van der Waals surface area contributed by atoms with Crippen LogP contribution in [-0.4, -0.2) is 63.2 Å². The molecule has 1 aliphatic heterocycles. The molecule has 1 amide bonds. The van der Waals surface area contributed by atoms with Crippen molar-refractivity contribution in [3.63, 3.8) is 0 Å². The van der Waals surface area contributed by atoms with E-state index in [4.69, 9.17) is 0 Å². The molecule has 2 aromatic rings. The van der Waals surface area contributed by atoms with E-state index < -0.39 is 0 Å². The van der Waals surface area contributed by atoms with Gasteiger partial charge in [-0.2, -0.15) is 5.10 Å². The summed E-state index contributed by atoms with van der Waals surface area (Å²) in [6, 6.07) is 1.86. The molecule has 0 unspecified atom stereocenters. The molecule has 9 heteroatoms. The Morgan fingerprint density at radius 2 is 2.24 bits per heavy atom. The molecule has 0 aliphatic carbocycles. The van der Waals surface area contributed by atoms with Gasteiger partial charge in [0, 0.05) is 39.6 Å². The van der Waals surface area contributed by atoms with Crippen molar-refractivity contribution >= 4 is 17.6 Å². The van der Waals surface area contributed by atoms with Crippen LogP contribution in [0.1, 0.15) is 11.5 Å². The summed E-state index contributed by atoms with van der Waals surface area (Å²) in [6.07, 6.45) is 5.29. The summed E-state index contributed by atoms with van der Waals surface area (Å²) < 4.78 is 1.69. The molecule has 2 aromatic heterocycles. The standard InChI is InChI=1S/C16H22N8O/c1-12-18-5-4-13(21-12)8-19-16(17-2)23-6-7-24(15(25)11-23)14-9-20-22(3)10-14/h4-5,9-10H,6-8,11H2,1-3H3,(H,17,19). The molecule has 0 saturated carbocycles.